The van der Waals surface area contributed by atoms with Gasteiger partial charge < -0.3 is 24.8 Å². The Kier molecular flexibility index (Phi) is 9.41. The number of aromatic hydroxyl groups is 1. The third kappa shape index (κ3) is 7.11. The normalized spacial score (nSPS) is 25.2. The minimum Gasteiger partial charge on any atom is -0.508 e. The van der Waals surface area contributed by atoms with Crippen LogP contribution in [0.2, 0.25) is 0 Å². The van der Waals surface area contributed by atoms with Crippen LogP contribution < -0.4 is 10.1 Å². The van der Waals surface area contributed by atoms with Gasteiger partial charge in [0.15, 0.2) is 0 Å². The quantitative estimate of drug-likeness (QED) is 0.416. The molecule has 8 heteroatoms. The molecule has 0 unspecified atom stereocenters. The van der Waals surface area contributed by atoms with E-state index < -0.39 is 17.2 Å². The van der Waals surface area contributed by atoms with Crippen molar-refractivity contribution >= 4 is 12.0 Å². The number of benzene rings is 2. The Balaban J connectivity index is 1.53. The first-order valence-electron chi connectivity index (χ1n) is 15.5. The summed E-state index contributed by atoms with van der Waals surface area (Å²) in [5.74, 6) is 1.39. The van der Waals surface area contributed by atoms with E-state index in [1.54, 1.807) is 18.1 Å². The number of ether oxygens (including phenoxy) is 2. The monoisotopic (exact) mass is 593 g/mol. The molecule has 0 aromatic heterocycles. The standard InChI is InChI=1S/C35H51N3O5/c1-23(2)30(22-37-16-15-34(7,24(3)20-37)27-11-10-12-28(39)18-27)36-31(40)35(8)19-25-13-14-29(42-9)17-26(25)21-38(35)32(41)43-33(4,5)6/h10-14,17-18,23-24,30,39H,15-16,19-22H2,1-9H3,(H,36,40)/t24-,30+,34+,35+/m0/s1. The van der Waals surface area contributed by atoms with Crippen molar-refractivity contribution in [3.8, 4) is 11.5 Å². The van der Waals surface area contributed by atoms with Crippen LogP contribution >= 0.6 is 0 Å². The lowest BCUT2D eigenvalue weighted by atomic mass is 9.68. The zero-order valence-electron chi connectivity index (χ0n) is 27.5. The zero-order chi connectivity index (χ0) is 31.7. The van der Waals surface area contributed by atoms with E-state index in [2.05, 4.69) is 44.0 Å². The molecule has 2 heterocycles. The van der Waals surface area contributed by atoms with Crippen LogP contribution in [0.25, 0.3) is 0 Å². The number of hydrogen-bond acceptors (Lipinski definition) is 6. The molecule has 2 aliphatic heterocycles. The zero-order valence-corrected chi connectivity index (χ0v) is 27.5. The van der Waals surface area contributed by atoms with Gasteiger partial charge in [-0.2, -0.15) is 0 Å². The van der Waals surface area contributed by atoms with Crippen LogP contribution in [0.4, 0.5) is 4.79 Å². The molecule has 236 valence electrons. The molecule has 2 N–H and O–H groups in total. The van der Waals surface area contributed by atoms with Gasteiger partial charge in [-0.05, 0) is 98.9 Å². The summed E-state index contributed by atoms with van der Waals surface area (Å²) in [7, 11) is 1.62. The van der Waals surface area contributed by atoms with E-state index in [9.17, 15) is 14.7 Å². The molecule has 1 fully saturated rings. The van der Waals surface area contributed by atoms with E-state index in [1.807, 2.05) is 58.0 Å². The summed E-state index contributed by atoms with van der Waals surface area (Å²) in [6, 6.07) is 13.4. The number of rotatable bonds is 7. The van der Waals surface area contributed by atoms with Crippen LogP contribution in [-0.4, -0.2) is 70.8 Å². The van der Waals surface area contributed by atoms with Gasteiger partial charge in [-0.3, -0.25) is 9.69 Å². The lowest BCUT2D eigenvalue weighted by molar-refractivity contribution is -0.135. The van der Waals surface area contributed by atoms with Gasteiger partial charge in [-0.25, -0.2) is 4.79 Å². The number of piperidine rings is 1. The van der Waals surface area contributed by atoms with Crippen molar-refractivity contribution in [1.82, 2.24) is 15.1 Å². The number of carbonyl (C=O) groups is 2. The molecule has 43 heavy (non-hydrogen) atoms. The summed E-state index contributed by atoms with van der Waals surface area (Å²) >= 11 is 0. The molecule has 2 amide bonds. The van der Waals surface area contributed by atoms with E-state index >= 15 is 0 Å². The molecule has 0 spiro atoms. The van der Waals surface area contributed by atoms with E-state index in [1.165, 1.54) is 5.56 Å². The van der Waals surface area contributed by atoms with Crippen molar-refractivity contribution < 1.29 is 24.2 Å². The first-order chi connectivity index (χ1) is 20.1. The number of fused-ring (bicyclic) bond motifs is 1. The maximum Gasteiger partial charge on any atom is 0.411 e. The van der Waals surface area contributed by atoms with Crippen LogP contribution in [0.1, 0.15) is 78.5 Å². The van der Waals surface area contributed by atoms with Gasteiger partial charge in [0.1, 0.15) is 22.6 Å². The predicted octanol–water partition coefficient (Wildman–Crippen LogP) is 5.89. The number of methoxy groups -OCH3 is 1. The first kappa shape index (κ1) is 32.6. The largest absolute Gasteiger partial charge is 0.508 e. The second-order valence-electron chi connectivity index (χ2n) is 14.4. The summed E-state index contributed by atoms with van der Waals surface area (Å²) in [6.45, 7) is 18.9. The molecule has 4 rings (SSSR count). The molecule has 0 saturated carbocycles. The predicted molar refractivity (Wildman–Crippen MR) is 169 cm³/mol. The minimum absolute atomic E-state index is 0.0363. The lowest BCUT2D eigenvalue weighted by Crippen LogP contribution is -2.64. The van der Waals surface area contributed by atoms with Crippen molar-refractivity contribution in [3.05, 3.63) is 59.2 Å². The Bertz CT molecular complexity index is 1320. The van der Waals surface area contributed by atoms with E-state index in [0.717, 1.165) is 37.2 Å². The third-order valence-electron chi connectivity index (χ3n) is 9.62. The molecule has 4 atom stereocenters. The number of nitrogens with zero attached hydrogens (tertiary/aromatic N) is 2. The number of nitrogens with one attached hydrogen (secondary N) is 1. The van der Waals surface area contributed by atoms with Crippen molar-refractivity contribution in [3.63, 3.8) is 0 Å². The minimum atomic E-state index is -1.12. The fourth-order valence-corrected chi connectivity index (χ4v) is 6.44. The van der Waals surface area contributed by atoms with Crippen LogP contribution in [0, 0.1) is 11.8 Å². The van der Waals surface area contributed by atoms with Crippen LogP contribution in [0.5, 0.6) is 11.5 Å². The Labute approximate surface area is 257 Å². The molecular formula is C35H51N3O5. The van der Waals surface area contributed by atoms with E-state index in [0.29, 0.717) is 23.8 Å². The fraction of sp³-hybridized carbons (Fsp3) is 0.600. The highest BCUT2D eigenvalue weighted by molar-refractivity contribution is 5.91. The molecular weight excluding hydrogens is 542 g/mol. The maximum atomic E-state index is 14.2. The van der Waals surface area contributed by atoms with Crippen LogP contribution in [0.3, 0.4) is 0 Å². The smallest absolute Gasteiger partial charge is 0.411 e. The van der Waals surface area contributed by atoms with E-state index in [-0.39, 0.29) is 29.8 Å². The number of hydrogen-bond donors (Lipinski definition) is 2. The molecule has 0 radical (unpaired) electrons. The Morgan fingerprint density at radius 3 is 2.44 bits per heavy atom. The number of likely N-dealkylation sites (tertiary alicyclic amines) is 1. The fourth-order valence-electron chi connectivity index (χ4n) is 6.44. The molecule has 2 aromatic carbocycles. The second kappa shape index (κ2) is 12.4. The third-order valence-corrected chi connectivity index (χ3v) is 9.62. The summed E-state index contributed by atoms with van der Waals surface area (Å²) in [5.41, 5.74) is 1.29. The molecule has 0 aliphatic carbocycles. The maximum absolute atomic E-state index is 14.2. The number of phenols is 1. The number of amides is 2. The second-order valence-corrected chi connectivity index (χ2v) is 14.4. The van der Waals surface area contributed by atoms with Crippen molar-refractivity contribution in [2.75, 3.05) is 26.7 Å². The molecule has 2 aromatic rings. The highest BCUT2D eigenvalue weighted by Crippen LogP contribution is 2.40. The summed E-state index contributed by atoms with van der Waals surface area (Å²) < 4.78 is 11.2. The first-order valence-corrected chi connectivity index (χ1v) is 15.5. The highest BCUT2D eigenvalue weighted by atomic mass is 16.6. The topological polar surface area (TPSA) is 91.3 Å². The summed E-state index contributed by atoms with van der Waals surface area (Å²) in [6.07, 6.45) is 0.835. The van der Waals surface area contributed by atoms with Gasteiger partial charge in [0, 0.05) is 25.6 Å². The van der Waals surface area contributed by atoms with Gasteiger partial charge in [0.25, 0.3) is 0 Å². The Hall–Kier alpha value is -3.26. The lowest BCUT2D eigenvalue weighted by Gasteiger charge is -2.47. The van der Waals surface area contributed by atoms with Crippen molar-refractivity contribution in [2.45, 2.75) is 97.4 Å². The van der Waals surface area contributed by atoms with E-state index in [4.69, 9.17) is 9.47 Å². The molecule has 0 bridgehead atoms. The summed E-state index contributed by atoms with van der Waals surface area (Å²) in [4.78, 5) is 31.8. The van der Waals surface area contributed by atoms with Crippen molar-refractivity contribution in [1.29, 1.82) is 0 Å². The highest BCUT2D eigenvalue weighted by Gasteiger charge is 2.48. The van der Waals surface area contributed by atoms with Gasteiger partial charge in [-0.1, -0.05) is 45.9 Å². The number of carbonyl (C=O) groups excluding carboxylic acids is 2. The molecule has 8 nitrogen and oxygen atoms in total. The molecule has 2 aliphatic rings. The van der Waals surface area contributed by atoms with Crippen molar-refractivity contribution in [2.24, 2.45) is 11.8 Å². The van der Waals surface area contributed by atoms with Crippen LogP contribution in [0.15, 0.2) is 42.5 Å². The number of phenolic OH excluding ortho intramolecular Hbond substituents is 1. The van der Waals surface area contributed by atoms with Gasteiger partial charge in [-0.15, -0.1) is 0 Å². The van der Waals surface area contributed by atoms with Gasteiger partial charge in [0.05, 0.1) is 13.7 Å². The molecule has 1 saturated heterocycles. The average Bonchev–Trinajstić information content (AvgIpc) is 2.93. The Morgan fingerprint density at radius 2 is 1.84 bits per heavy atom. The van der Waals surface area contributed by atoms with Crippen LogP contribution in [-0.2, 0) is 27.9 Å². The Morgan fingerprint density at radius 1 is 1.12 bits per heavy atom. The van der Waals surface area contributed by atoms with Gasteiger partial charge >= 0.3 is 6.09 Å². The SMILES string of the molecule is COc1ccc2c(c1)CN(C(=O)OC(C)(C)C)[C@@](C)(C(=O)N[C@H](CN1CC[C@@](C)(c3cccc(O)c3)[C@@H](C)C1)C(C)C)C2. The average molecular weight is 594 g/mol. The van der Waals surface area contributed by atoms with Gasteiger partial charge in [0.2, 0.25) is 5.91 Å². The summed E-state index contributed by atoms with van der Waals surface area (Å²) in [5, 5.41) is 13.4.